The molecule has 2 aromatic rings. The first-order valence-electron chi connectivity index (χ1n) is 5.96. The number of hydrogen-bond donors (Lipinski definition) is 0. The van der Waals surface area contributed by atoms with Crippen molar-refractivity contribution in [3.63, 3.8) is 0 Å². The van der Waals surface area contributed by atoms with E-state index in [2.05, 4.69) is 0 Å². The van der Waals surface area contributed by atoms with E-state index in [1.807, 2.05) is 45.0 Å². The monoisotopic (exact) mass is 262 g/mol. The third-order valence-corrected chi connectivity index (χ3v) is 3.65. The summed E-state index contributed by atoms with van der Waals surface area (Å²) < 4.78 is 13.3. The first-order valence-corrected chi connectivity index (χ1v) is 6.40. The third kappa shape index (κ3) is 2.56. The molecule has 0 amide bonds. The van der Waals surface area contributed by atoms with Gasteiger partial charge in [-0.2, -0.15) is 0 Å². The summed E-state index contributed by atoms with van der Waals surface area (Å²) in [4.78, 5) is 0. The maximum absolute atomic E-state index is 13.3. The summed E-state index contributed by atoms with van der Waals surface area (Å²) in [6.07, 6.45) is 0. The fourth-order valence-corrected chi connectivity index (χ4v) is 2.71. The van der Waals surface area contributed by atoms with E-state index >= 15 is 0 Å². The molecule has 1 atom stereocenters. The van der Waals surface area contributed by atoms with Crippen molar-refractivity contribution < 1.29 is 4.39 Å². The van der Waals surface area contributed by atoms with Crippen molar-refractivity contribution in [2.24, 2.45) is 0 Å². The highest BCUT2D eigenvalue weighted by Gasteiger charge is 2.16. The van der Waals surface area contributed by atoms with E-state index < -0.39 is 0 Å². The zero-order chi connectivity index (χ0) is 13.3. The fraction of sp³-hybridized carbons (Fsp3) is 0.250. The molecule has 0 nitrogen and oxygen atoms in total. The highest BCUT2D eigenvalue weighted by Crippen LogP contribution is 2.33. The molecule has 18 heavy (non-hydrogen) atoms. The molecule has 0 heterocycles. The van der Waals surface area contributed by atoms with Crippen LogP contribution in [0.4, 0.5) is 4.39 Å². The van der Waals surface area contributed by atoms with Crippen LogP contribution >= 0.6 is 11.6 Å². The molecule has 2 rings (SSSR count). The average molecular weight is 263 g/mol. The summed E-state index contributed by atoms with van der Waals surface area (Å²) in [6.45, 7) is 5.84. The standard InChI is InChI=1S/C16H16ClF/c1-10-4-6-13(7-5-10)16(17)15-11(2)8-14(18)9-12(15)3/h4-9,16H,1-3H3. The topological polar surface area (TPSA) is 0 Å². The Bertz CT molecular complexity index is 535. The lowest BCUT2D eigenvalue weighted by Crippen LogP contribution is -2.00. The van der Waals surface area contributed by atoms with Crippen LogP contribution in [0.1, 0.15) is 33.2 Å². The Morgan fingerprint density at radius 2 is 1.44 bits per heavy atom. The van der Waals surface area contributed by atoms with Gasteiger partial charge in [-0.3, -0.25) is 0 Å². The molecule has 0 spiro atoms. The van der Waals surface area contributed by atoms with Gasteiger partial charge in [0.2, 0.25) is 0 Å². The zero-order valence-corrected chi connectivity index (χ0v) is 11.6. The van der Waals surface area contributed by atoms with Crippen molar-refractivity contribution in [2.75, 3.05) is 0 Å². The maximum atomic E-state index is 13.3. The Labute approximate surface area is 112 Å². The molecule has 0 N–H and O–H groups in total. The number of benzene rings is 2. The second-order valence-corrected chi connectivity index (χ2v) is 5.16. The van der Waals surface area contributed by atoms with Crippen LogP contribution in [0.15, 0.2) is 36.4 Å². The number of aryl methyl sites for hydroxylation is 3. The van der Waals surface area contributed by atoms with E-state index in [1.54, 1.807) is 0 Å². The van der Waals surface area contributed by atoms with Gasteiger partial charge in [0, 0.05) is 0 Å². The SMILES string of the molecule is Cc1ccc(C(Cl)c2c(C)cc(F)cc2C)cc1. The van der Waals surface area contributed by atoms with Crippen molar-refractivity contribution in [2.45, 2.75) is 26.1 Å². The van der Waals surface area contributed by atoms with E-state index in [4.69, 9.17) is 11.6 Å². The van der Waals surface area contributed by atoms with Crippen LogP contribution in [0.2, 0.25) is 0 Å². The molecule has 1 unspecified atom stereocenters. The van der Waals surface area contributed by atoms with Crippen LogP contribution in [0.5, 0.6) is 0 Å². The Hall–Kier alpha value is -1.34. The smallest absolute Gasteiger partial charge is 0.123 e. The minimum atomic E-state index is -0.230. The molecule has 94 valence electrons. The van der Waals surface area contributed by atoms with Gasteiger partial charge < -0.3 is 0 Å². The highest BCUT2D eigenvalue weighted by atomic mass is 35.5. The molecule has 0 aromatic heterocycles. The van der Waals surface area contributed by atoms with E-state index in [0.717, 1.165) is 22.3 Å². The minimum Gasteiger partial charge on any atom is -0.207 e. The lowest BCUT2D eigenvalue weighted by molar-refractivity contribution is 0.624. The van der Waals surface area contributed by atoms with Crippen LogP contribution in [-0.2, 0) is 0 Å². The molecule has 0 fully saturated rings. The molecule has 2 aromatic carbocycles. The molecule has 0 saturated heterocycles. The molecule has 0 aliphatic rings. The second kappa shape index (κ2) is 5.11. The van der Waals surface area contributed by atoms with Crippen molar-refractivity contribution in [3.8, 4) is 0 Å². The lowest BCUT2D eigenvalue weighted by atomic mass is 9.95. The third-order valence-electron chi connectivity index (χ3n) is 3.18. The van der Waals surface area contributed by atoms with Gasteiger partial charge in [0.05, 0.1) is 5.38 Å². The van der Waals surface area contributed by atoms with Crippen molar-refractivity contribution in [3.05, 3.63) is 70.0 Å². The Morgan fingerprint density at radius 1 is 0.944 bits per heavy atom. The van der Waals surface area contributed by atoms with Crippen LogP contribution in [0, 0.1) is 26.6 Å². The molecule has 0 aliphatic heterocycles. The number of alkyl halides is 1. The van der Waals surface area contributed by atoms with Crippen molar-refractivity contribution in [1.82, 2.24) is 0 Å². The van der Waals surface area contributed by atoms with Gasteiger partial charge in [-0.25, -0.2) is 4.39 Å². The first kappa shape index (κ1) is 13.1. The van der Waals surface area contributed by atoms with Crippen molar-refractivity contribution >= 4 is 11.6 Å². The van der Waals surface area contributed by atoms with E-state index in [9.17, 15) is 4.39 Å². The van der Waals surface area contributed by atoms with E-state index in [-0.39, 0.29) is 11.2 Å². The van der Waals surface area contributed by atoms with Crippen LogP contribution in [0.25, 0.3) is 0 Å². The van der Waals surface area contributed by atoms with Gasteiger partial charge in [0.15, 0.2) is 0 Å². The Morgan fingerprint density at radius 3 is 1.94 bits per heavy atom. The number of rotatable bonds is 2. The molecular formula is C16H16ClF. The summed E-state index contributed by atoms with van der Waals surface area (Å²) in [5.41, 5.74) is 5.04. The Balaban J connectivity index is 2.46. The maximum Gasteiger partial charge on any atom is 0.123 e. The number of halogens is 2. The second-order valence-electron chi connectivity index (χ2n) is 4.73. The van der Waals surface area contributed by atoms with E-state index in [0.29, 0.717) is 0 Å². The average Bonchev–Trinajstić information content (AvgIpc) is 2.28. The van der Waals surface area contributed by atoms with Gasteiger partial charge in [-0.05, 0) is 55.2 Å². The quantitative estimate of drug-likeness (QED) is 0.662. The highest BCUT2D eigenvalue weighted by molar-refractivity contribution is 6.22. The van der Waals surface area contributed by atoms with Gasteiger partial charge >= 0.3 is 0 Å². The first-order chi connectivity index (χ1) is 8.49. The molecule has 0 saturated carbocycles. The molecule has 0 radical (unpaired) electrons. The number of hydrogen-bond acceptors (Lipinski definition) is 0. The van der Waals surface area contributed by atoms with E-state index in [1.165, 1.54) is 17.7 Å². The summed E-state index contributed by atoms with van der Waals surface area (Å²) in [7, 11) is 0. The fourth-order valence-electron chi connectivity index (χ4n) is 2.22. The molecule has 2 heteroatoms. The minimum absolute atomic E-state index is 0.207. The zero-order valence-electron chi connectivity index (χ0n) is 10.8. The molecule has 0 bridgehead atoms. The van der Waals surface area contributed by atoms with Gasteiger partial charge in [0.25, 0.3) is 0 Å². The normalized spacial score (nSPS) is 12.5. The van der Waals surface area contributed by atoms with Crippen LogP contribution in [-0.4, -0.2) is 0 Å². The summed E-state index contributed by atoms with van der Waals surface area (Å²) >= 11 is 6.52. The van der Waals surface area contributed by atoms with Gasteiger partial charge in [-0.1, -0.05) is 29.8 Å². The summed E-state index contributed by atoms with van der Waals surface area (Å²) in [5, 5.41) is -0.230. The van der Waals surface area contributed by atoms with Crippen LogP contribution in [0.3, 0.4) is 0 Å². The summed E-state index contributed by atoms with van der Waals surface area (Å²) in [5.74, 6) is -0.207. The largest absolute Gasteiger partial charge is 0.207 e. The van der Waals surface area contributed by atoms with Gasteiger partial charge in [-0.15, -0.1) is 11.6 Å². The van der Waals surface area contributed by atoms with Crippen LogP contribution < -0.4 is 0 Å². The van der Waals surface area contributed by atoms with Crippen molar-refractivity contribution in [1.29, 1.82) is 0 Å². The predicted molar refractivity (Wildman–Crippen MR) is 74.7 cm³/mol. The van der Waals surface area contributed by atoms with Gasteiger partial charge in [0.1, 0.15) is 5.82 Å². The predicted octanol–water partition coefficient (Wildman–Crippen LogP) is 5.08. The Kier molecular flexibility index (Phi) is 3.72. The molecular weight excluding hydrogens is 247 g/mol. The summed E-state index contributed by atoms with van der Waals surface area (Å²) in [6, 6.07) is 11.2. The molecule has 0 aliphatic carbocycles. The lowest BCUT2D eigenvalue weighted by Gasteiger charge is -2.16.